The maximum atomic E-state index is 4.81. The fraction of sp³-hybridized carbons (Fsp3) is 0.471. The second kappa shape index (κ2) is 7.57. The van der Waals surface area contributed by atoms with Crippen LogP contribution in [0.5, 0.6) is 0 Å². The van der Waals surface area contributed by atoms with Crippen molar-refractivity contribution < 1.29 is 0 Å². The average molecular weight is 303 g/mol. The molecule has 2 rings (SSSR count). The Morgan fingerprint density at radius 1 is 1.24 bits per heavy atom. The summed E-state index contributed by atoms with van der Waals surface area (Å²) in [6.07, 6.45) is 0.995. The number of benzene rings is 1. The molecular formula is C17H25N3S. The molecule has 3 nitrogen and oxygen atoms in total. The topological polar surface area (TPSA) is 28.2 Å². The minimum absolute atomic E-state index is 0.907. The highest BCUT2D eigenvalue weighted by Gasteiger charge is 2.13. The third-order valence-corrected chi connectivity index (χ3v) is 4.84. The summed E-state index contributed by atoms with van der Waals surface area (Å²) in [7, 11) is 2.13. The maximum absolute atomic E-state index is 4.81. The molecule has 4 heteroatoms. The summed E-state index contributed by atoms with van der Waals surface area (Å²) < 4.78 is 0. The van der Waals surface area contributed by atoms with Crippen LogP contribution in [0.4, 0.5) is 5.13 Å². The molecule has 1 heterocycles. The monoisotopic (exact) mass is 303 g/mol. The lowest BCUT2D eigenvalue weighted by molar-refractivity contribution is 0.727. The normalized spacial score (nSPS) is 10.9. The van der Waals surface area contributed by atoms with Gasteiger partial charge in [-0.25, -0.2) is 4.98 Å². The lowest BCUT2D eigenvalue weighted by atomic mass is 10.1. The highest BCUT2D eigenvalue weighted by Crippen LogP contribution is 2.27. The third kappa shape index (κ3) is 4.05. The van der Waals surface area contributed by atoms with E-state index in [0.29, 0.717) is 0 Å². The first kappa shape index (κ1) is 16.0. The van der Waals surface area contributed by atoms with Gasteiger partial charge in [-0.05, 0) is 31.0 Å². The molecule has 114 valence electrons. The lowest BCUT2D eigenvalue weighted by Gasteiger charge is -2.17. The molecule has 1 aromatic carbocycles. The molecule has 0 atom stereocenters. The van der Waals surface area contributed by atoms with E-state index in [1.54, 1.807) is 0 Å². The second-order valence-corrected chi connectivity index (χ2v) is 6.34. The first-order valence-electron chi connectivity index (χ1n) is 7.60. The molecule has 0 aliphatic rings. The van der Waals surface area contributed by atoms with Gasteiger partial charge in [-0.1, -0.05) is 38.1 Å². The van der Waals surface area contributed by atoms with Gasteiger partial charge in [-0.2, -0.15) is 0 Å². The number of hydrogen-bond acceptors (Lipinski definition) is 4. The van der Waals surface area contributed by atoms with Gasteiger partial charge in [0, 0.05) is 25.0 Å². The molecule has 0 spiro atoms. The molecular weight excluding hydrogens is 278 g/mol. The number of hydrogen-bond donors (Lipinski definition) is 1. The van der Waals surface area contributed by atoms with Crippen molar-refractivity contribution in [2.75, 3.05) is 18.5 Å². The number of anilines is 1. The van der Waals surface area contributed by atoms with Gasteiger partial charge in [0.05, 0.1) is 5.69 Å². The minimum Gasteiger partial charge on any atom is -0.347 e. The Hall–Kier alpha value is -1.39. The highest BCUT2D eigenvalue weighted by atomic mass is 32.1. The second-order valence-electron chi connectivity index (χ2n) is 5.28. The van der Waals surface area contributed by atoms with Crippen molar-refractivity contribution in [3.63, 3.8) is 0 Å². The predicted octanol–water partition coefficient (Wildman–Crippen LogP) is 3.76. The molecule has 0 aliphatic heterocycles. The van der Waals surface area contributed by atoms with E-state index in [-0.39, 0.29) is 0 Å². The minimum atomic E-state index is 0.907. The van der Waals surface area contributed by atoms with Crippen LogP contribution in [0, 0.1) is 6.92 Å². The van der Waals surface area contributed by atoms with Crippen LogP contribution >= 0.6 is 11.3 Å². The van der Waals surface area contributed by atoms with Crippen LogP contribution in [0.1, 0.15) is 35.5 Å². The maximum Gasteiger partial charge on any atom is 0.185 e. The first-order chi connectivity index (χ1) is 10.2. The molecule has 2 aromatic rings. The van der Waals surface area contributed by atoms with Crippen LogP contribution in [0.25, 0.3) is 0 Å². The quantitative estimate of drug-likeness (QED) is 0.844. The Balaban J connectivity index is 2.13. The Kier molecular flexibility index (Phi) is 5.76. The summed E-state index contributed by atoms with van der Waals surface area (Å²) in [5, 5.41) is 4.52. The highest BCUT2D eigenvalue weighted by molar-refractivity contribution is 7.15. The number of nitrogens with one attached hydrogen (secondary N) is 1. The van der Waals surface area contributed by atoms with Gasteiger partial charge in [-0.15, -0.1) is 11.3 Å². The Morgan fingerprint density at radius 3 is 2.67 bits per heavy atom. The summed E-state index contributed by atoms with van der Waals surface area (Å²) in [4.78, 5) is 8.43. The molecule has 0 radical (unpaired) electrons. The number of thiazole rings is 1. The van der Waals surface area contributed by atoms with Crippen LogP contribution in [0.15, 0.2) is 24.3 Å². The molecule has 1 aromatic heterocycles. The third-order valence-electron chi connectivity index (χ3n) is 3.63. The number of aromatic nitrogens is 1. The lowest BCUT2D eigenvalue weighted by Crippen LogP contribution is -2.16. The molecule has 0 unspecified atom stereocenters. The van der Waals surface area contributed by atoms with Gasteiger partial charge < -0.3 is 10.2 Å². The van der Waals surface area contributed by atoms with Crippen LogP contribution in [0.2, 0.25) is 0 Å². The summed E-state index contributed by atoms with van der Waals surface area (Å²) in [5.74, 6) is 0. The zero-order chi connectivity index (χ0) is 15.2. The number of aryl methyl sites for hydroxylation is 2. The van der Waals surface area contributed by atoms with Crippen LogP contribution in [-0.2, 0) is 19.5 Å². The van der Waals surface area contributed by atoms with E-state index >= 15 is 0 Å². The van der Waals surface area contributed by atoms with Gasteiger partial charge in [0.1, 0.15) is 0 Å². The molecule has 0 aliphatic carbocycles. The van der Waals surface area contributed by atoms with Crippen molar-refractivity contribution in [3.8, 4) is 0 Å². The fourth-order valence-electron chi connectivity index (χ4n) is 2.30. The van der Waals surface area contributed by atoms with Crippen molar-refractivity contribution in [3.05, 3.63) is 46.0 Å². The number of rotatable bonds is 7. The van der Waals surface area contributed by atoms with Gasteiger partial charge in [0.15, 0.2) is 5.13 Å². The van der Waals surface area contributed by atoms with Crippen molar-refractivity contribution in [2.45, 2.75) is 40.3 Å². The largest absolute Gasteiger partial charge is 0.347 e. The zero-order valence-electron chi connectivity index (χ0n) is 13.4. The first-order valence-corrected chi connectivity index (χ1v) is 8.42. The number of nitrogens with zero attached hydrogens (tertiary/aromatic N) is 2. The van der Waals surface area contributed by atoms with Crippen molar-refractivity contribution in [2.24, 2.45) is 0 Å². The van der Waals surface area contributed by atoms with Gasteiger partial charge in [0.25, 0.3) is 0 Å². The molecule has 21 heavy (non-hydrogen) atoms. The molecule has 0 amide bonds. The smallest absolute Gasteiger partial charge is 0.185 e. The van der Waals surface area contributed by atoms with E-state index in [1.165, 1.54) is 21.7 Å². The van der Waals surface area contributed by atoms with E-state index in [1.807, 2.05) is 11.3 Å². The van der Waals surface area contributed by atoms with Gasteiger partial charge in [-0.3, -0.25) is 0 Å². The Morgan fingerprint density at radius 2 is 2.00 bits per heavy atom. The van der Waals surface area contributed by atoms with E-state index in [9.17, 15) is 0 Å². The van der Waals surface area contributed by atoms with Crippen molar-refractivity contribution in [1.82, 2.24) is 10.3 Å². The SMILES string of the molecule is CCNCc1sc(N(C)Cc2ccccc2C)nc1CC. The fourth-order valence-corrected chi connectivity index (χ4v) is 3.38. The van der Waals surface area contributed by atoms with Crippen molar-refractivity contribution in [1.29, 1.82) is 0 Å². The van der Waals surface area contributed by atoms with E-state index in [2.05, 4.69) is 62.3 Å². The van der Waals surface area contributed by atoms with E-state index in [0.717, 1.165) is 31.2 Å². The Labute approximate surface area is 132 Å². The van der Waals surface area contributed by atoms with Crippen LogP contribution in [-0.4, -0.2) is 18.6 Å². The molecule has 1 N–H and O–H groups in total. The van der Waals surface area contributed by atoms with E-state index in [4.69, 9.17) is 4.98 Å². The standard InChI is InChI=1S/C17H25N3S/c1-5-15-16(11-18-6-2)21-17(19-15)20(4)12-14-10-8-7-9-13(14)3/h7-10,18H,5-6,11-12H2,1-4H3. The van der Waals surface area contributed by atoms with Crippen LogP contribution in [0.3, 0.4) is 0 Å². The van der Waals surface area contributed by atoms with E-state index < -0.39 is 0 Å². The molecule has 0 bridgehead atoms. The predicted molar refractivity (Wildman–Crippen MR) is 92.2 cm³/mol. The van der Waals surface area contributed by atoms with Crippen molar-refractivity contribution >= 4 is 16.5 Å². The van der Waals surface area contributed by atoms with Gasteiger partial charge >= 0.3 is 0 Å². The van der Waals surface area contributed by atoms with Crippen LogP contribution < -0.4 is 10.2 Å². The molecule has 0 saturated heterocycles. The Bertz CT molecular complexity index is 577. The summed E-state index contributed by atoms with van der Waals surface area (Å²) in [6.45, 7) is 9.31. The molecule has 0 fully saturated rings. The summed E-state index contributed by atoms with van der Waals surface area (Å²) in [6, 6.07) is 8.55. The average Bonchev–Trinajstić information content (AvgIpc) is 2.90. The molecule has 0 saturated carbocycles. The summed E-state index contributed by atoms with van der Waals surface area (Å²) in [5.41, 5.74) is 3.93. The zero-order valence-corrected chi connectivity index (χ0v) is 14.3. The van der Waals surface area contributed by atoms with Gasteiger partial charge in [0.2, 0.25) is 0 Å². The summed E-state index contributed by atoms with van der Waals surface area (Å²) >= 11 is 1.81.